The average molecular weight is 416 g/mol. The summed E-state index contributed by atoms with van der Waals surface area (Å²) in [6.07, 6.45) is 3.18. The van der Waals surface area contributed by atoms with E-state index in [0.717, 1.165) is 5.56 Å². The fourth-order valence-electron chi connectivity index (χ4n) is 2.53. The topological polar surface area (TPSA) is 79.4 Å². The van der Waals surface area contributed by atoms with Crippen molar-refractivity contribution in [3.8, 4) is 0 Å². The second-order valence-electron chi connectivity index (χ2n) is 6.11. The predicted molar refractivity (Wildman–Crippen MR) is 109 cm³/mol. The van der Waals surface area contributed by atoms with E-state index in [1.54, 1.807) is 48.8 Å². The normalized spacial score (nSPS) is 11.4. The maximum atomic E-state index is 12.6. The minimum absolute atomic E-state index is 0.173. The molecule has 0 spiro atoms. The van der Waals surface area contributed by atoms with Gasteiger partial charge in [0, 0.05) is 30.4 Å². The SMILES string of the molecule is CN(Cc1ccc(C(=O)Nc2cccnc2)cc1)S(=O)(=O)c1ccc(Cl)cc1. The maximum absolute atomic E-state index is 12.6. The van der Waals surface area contributed by atoms with Gasteiger partial charge < -0.3 is 5.32 Å². The zero-order valence-electron chi connectivity index (χ0n) is 15.0. The van der Waals surface area contributed by atoms with E-state index in [1.807, 2.05) is 0 Å². The summed E-state index contributed by atoms with van der Waals surface area (Å²) in [6, 6.07) is 16.3. The summed E-state index contributed by atoms with van der Waals surface area (Å²) in [6.45, 7) is 0.176. The van der Waals surface area contributed by atoms with Crippen LogP contribution in [0.1, 0.15) is 15.9 Å². The van der Waals surface area contributed by atoms with Crippen LogP contribution < -0.4 is 5.32 Å². The third-order valence-corrected chi connectivity index (χ3v) is 6.13. The lowest BCUT2D eigenvalue weighted by Gasteiger charge is -2.17. The zero-order chi connectivity index (χ0) is 20.1. The van der Waals surface area contributed by atoms with Crippen LogP contribution in [0, 0.1) is 0 Å². The first-order valence-corrected chi connectivity index (χ1v) is 10.2. The molecule has 1 N–H and O–H groups in total. The van der Waals surface area contributed by atoms with Gasteiger partial charge in [-0.15, -0.1) is 0 Å². The van der Waals surface area contributed by atoms with E-state index >= 15 is 0 Å². The number of amides is 1. The Labute approximate surface area is 168 Å². The van der Waals surface area contributed by atoms with E-state index < -0.39 is 10.0 Å². The van der Waals surface area contributed by atoms with Crippen molar-refractivity contribution >= 4 is 33.2 Å². The number of pyridine rings is 1. The Balaban J connectivity index is 1.68. The van der Waals surface area contributed by atoms with Gasteiger partial charge in [-0.3, -0.25) is 9.78 Å². The molecule has 0 unspecified atom stereocenters. The molecular formula is C20H18ClN3O3S. The van der Waals surface area contributed by atoms with Crippen LogP contribution in [0.2, 0.25) is 5.02 Å². The summed E-state index contributed by atoms with van der Waals surface area (Å²) in [4.78, 5) is 16.4. The zero-order valence-corrected chi connectivity index (χ0v) is 16.6. The smallest absolute Gasteiger partial charge is 0.255 e. The van der Waals surface area contributed by atoms with Gasteiger partial charge in [0.25, 0.3) is 5.91 Å². The fourth-order valence-corrected chi connectivity index (χ4v) is 3.82. The van der Waals surface area contributed by atoms with Crippen molar-refractivity contribution in [3.05, 3.63) is 89.2 Å². The van der Waals surface area contributed by atoms with Gasteiger partial charge in [-0.05, 0) is 54.1 Å². The lowest BCUT2D eigenvalue weighted by atomic mass is 10.1. The predicted octanol–water partition coefficient (Wildman–Crippen LogP) is 3.81. The number of aromatic nitrogens is 1. The summed E-state index contributed by atoms with van der Waals surface area (Å²) in [5.74, 6) is -0.262. The van der Waals surface area contributed by atoms with Crippen molar-refractivity contribution in [1.29, 1.82) is 0 Å². The third-order valence-electron chi connectivity index (χ3n) is 4.06. The van der Waals surface area contributed by atoms with Crippen LogP contribution in [-0.2, 0) is 16.6 Å². The number of sulfonamides is 1. The van der Waals surface area contributed by atoms with E-state index in [9.17, 15) is 13.2 Å². The number of carbonyl (C=O) groups excluding carboxylic acids is 1. The number of hydrogen-bond donors (Lipinski definition) is 1. The summed E-state index contributed by atoms with van der Waals surface area (Å²) in [7, 11) is -2.13. The Hall–Kier alpha value is -2.74. The molecule has 1 amide bonds. The number of nitrogens with zero attached hydrogens (tertiary/aromatic N) is 2. The molecule has 3 aromatic rings. The van der Waals surface area contributed by atoms with Gasteiger partial charge in [0.1, 0.15) is 0 Å². The van der Waals surface area contributed by atoms with Gasteiger partial charge in [0.05, 0.1) is 16.8 Å². The minimum atomic E-state index is -3.63. The van der Waals surface area contributed by atoms with Crippen molar-refractivity contribution in [1.82, 2.24) is 9.29 Å². The van der Waals surface area contributed by atoms with Crippen LogP contribution in [0.4, 0.5) is 5.69 Å². The van der Waals surface area contributed by atoms with E-state index in [1.165, 1.54) is 35.6 Å². The van der Waals surface area contributed by atoms with Crippen molar-refractivity contribution in [2.45, 2.75) is 11.4 Å². The first-order valence-electron chi connectivity index (χ1n) is 8.38. The number of rotatable bonds is 6. The highest BCUT2D eigenvalue weighted by Crippen LogP contribution is 2.19. The van der Waals surface area contributed by atoms with Crippen molar-refractivity contribution < 1.29 is 13.2 Å². The van der Waals surface area contributed by atoms with Gasteiger partial charge in [0.15, 0.2) is 0 Å². The van der Waals surface area contributed by atoms with Gasteiger partial charge in [-0.1, -0.05) is 23.7 Å². The number of nitrogens with one attached hydrogen (secondary N) is 1. The van der Waals surface area contributed by atoms with Crippen molar-refractivity contribution in [3.63, 3.8) is 0 Å². The van der Waals surface area contributed by atoms with E-state index in [-0.39, 0.29) is 17.3 Å². The number of hydrogen-bond acceptors (Lipinski definition) is 4. The number of carbonyl (C=O) groups is 1. The highest BCUT2D eigenvalue weighted by atomic mass is 35.5. The molecule has 2 aromatic carbocycles. The Morgan fingerprint density at radius 1 is 1.07 bits per heavy atom. The van der Waals surface area contributed by atoms with Crippen LogP contribution in [0.5, 0.6) is 0 Å². The first kappa shape index (κ1) is 20.0. The highest BCUT2D eigenvalue weighted by molar-refractivity contribution is 7.89. The molecule has 8 heteroatoms. The molecule has 0 aliphatic rings. The molecule has 0 saturated carbocycles. The van der Waals surface area contributed by atoms with Crippen LogP contribution in [-0.4, -0.2) is 30.7 Å². The lowest BCUT2D eigenvalue weighted by Crippen LogP contribution is -2.26. The van der Waals surface area contributed by atoms with Gasteiger partial charge in [-0.25, -0.2) is 8.42 Å². The summed E-state index contributed by atoms with van der Waals surface area (Å²) in [5.41, 5.74) is 1.83. The molecule has 0 atom stereocenters. The Kier molecular flexibility index (Phi) is 6.08. The number of halogens is 1. The first-order chi connectivity index (χ1) is 13.4. The fraction of sp³-hybridized carbons (Fsp3) is 0.100. The van der Waals surface area contributed by atoms with Crippen LogP contribution in [0.15, 0.2) is 78.0 Å². The van der Waals surface area contributed by atoms with Crippen LogP contribution in [0.3, 0.4) is 0 Å². The molecule has 28 heavy (non-hydrogen) atoms. The number of benzene rings is 2. The molecule has 3 rings (SSSR count). The molecule has 144 valence electrons. The van der Waals surface area contributed by atoms with Crippen LogP contribution in [0.25, 0.3) is 0 Å². The maximum Gasteiger partial charge on any atom is 0.255 e. The van der Waals surface area contributed by atoms with E-state index in [0.29, 0.717) is 16.3 Å². The monoisotopic (exact) mass is 415 g/mol. The highest BCUT2D eigenvalue weighted by Gasteiger charge is 2.20. The quantitative estimate of drug-likeness (QED) is 0.664. The molecule has 0 aliphatic heterocycles. The van der Waals surface area contributed by atoms with Crippen LogP contribution >= 0.6 is 11.6 Å². The van der Waals surface area contributed by atoms with E-state index in [2.05, 4.69) is 10.3 Å². The van der Waals surface area contributed by atoms with Gasteiger partial charge in [-0.2, -0.15) is 4.31 Å². The largest absolute Gasteiger partial charge is 0.321 e. The summed E-state index contributed by atoms with van der Waals surface area (Å²) < 4.78 is 26.5. The lowest BCUT2D eigenvalue weighted by molar-refractivity contribution is 0.102. The molecule has 0 radical (unpaired) electrons. The summed E-state index contributed by atoms with van der Waals surface area (Å²) >= 11 is 5.82. The van der Waals surface area contributed by atoms with Crippen molar-refractivity contribution in [2.75, 3.05) is 12.4 Å². The van der Waals surface area contributed by atoms with E-state index in [4.69, 9.17) is 11.6 Å². The molecule has 0 saturated heterocycles. The molecule has 0 fully saturated rings. The second kappa shape index (κ2) is 8.52. The molecule has 6 nitrogen and oxygen atoms in total. The minimum Gasteiger partial charge on any atom is -0.321 e. The third kappa shape index (κ3) is 4.75. The molecule has 1 aromatic heterocycles. The Morgan fingerprint density at radius 2 is 1.75 bits per heavy atom. The molecule has 0 bridgehead atoms. The molecular weight excluding hydrogens is 398 g/mol. The molecule has 0 aliphatic carbocycles. The Morgan fingerprint density at radius 3 is 2.36 bits per heavy atom. The van der Waals surface area contributed by atoms with Gasteiger partial charge >= 0.3 is 0 Å². The Bertz CT molecular complexity index is 1050. The average Bonchev–Trinajstić information content (AvgIpc) is 2.69. The molecule has 1 heterocycles. The standard InChI is InChI=1S/C20H18ClN3O3S/c1-24(28(26,27)19-10-8-17(21)9-11-19)14-15-4-6-16(7-5-15)20(25)23-18-3-2-12-22-13-18/h2-13H,14H2,1H3,(H,23,25). The van der Waals surface area contributed by atoms with Crippen molar-refractivity contribution in [2.24, 2.45) is 0 Å². The summed E-state index contributed by atoms with van der Waals surface area (Å²) in [5, 5.41) is 3.22. The number of anilines is 1. The second-order valence-corrected chi connectivity index (χ2v) is 8.59. The van der Waals surface area contributed by atoms with Gasteiger partial charge in [0.2, 0.25) is 10.0 Å².